The Labute approximate surface area is 166 Å². The number of ether oxygens (including phenoxy) is 1. The monoisotopic (exact) mass is 401 g/mol. The number of hydrogen-bond acceptors (Lipinski definition) is 6. The molecule has 0 saturated carbocycles. The van der Waals surface area contributed by atoms with Crippen LogP contribution in [0.25, 0.3) is 10.9 Å². The number of amides is 1. The molecule has 0 aliphatic rings. The molecule has 0 bridgehead atoms. The molecule has 154 valence electrons. The third-order valence-corrected chi connectivity index (χ3v) is 4.05. The van der Waals surface area contributed by atoms with Gasteiger partial charge in [0, 0.05) is 35.7 Å². The zero-order valence-electron chi connectivity index (χ0n) is 16.3. The van der Waals surface area contributed by atoms with Gasteiger partial charge in [0.2, 0.25) is 11.8 Å². The Balaban J connectivity index is 1.84. The first-order valence-corrected chi connectivity index (χ1v) is 9.00. The van der Waals surface area contributed by atoms with Gasteiger partial charge in [-0.2, -0.15) is 0 Å². The van der Waals surface area contributed by atoms with Crippen LogP contribution in [0.3, 0.4) is 0 Å². The van der Waals surface area contributed by atoms with E-state index in [0.717, 1.165) is 16.5 Å². The van der Waals surface area contributed by atoms with Gasteiger partial charge in [-0.1, -0.05) is 18.2 Å². The predicted molar refractivity (Wildman–Crippen MR) is 105 cm³/mol. The van der Waals surface area contributed by atoms with Crippen molar-refractivity contribution in [3.8, 4) is 11.8 Å². The van der Waals surface area contributed by atoms with Gasteiger partial charge in [-0.25, -0.2) is 9.59 Å². The normalized spacial score (nSPS) is 12.5. The lowest BCUT2D eigenvalue weighted by molar-refractivity contribution is -0.148. The summed E-state index contributed by atoms with van der Waals surface area (Å²) in [5.74, 6) is -1.80. The molecule has 29 heavy (non-hydrogen) atoms. The molecule has 2 aromatic heterocycles. The van der Waals surface area contributed by atoms with Crippen molar-refractivity contribution in [2.75, 3.05) is 0 Å². The van der Waals surface area contributed by atoms with Crippen LogP contribution >= 0.6 is 0 Å². The van der Waals surface area contributed by atoms with Crippen LogP contribution in [0.15, 0.2) is 42.6 Å². The maximum atomic E-state index is 12.7. The number of fused-ring (bicyclic) bond motifs is 1. The van der Waals surface area contributed by atoms with Crippen molar-refractivity contribution < 1.29 is 29.4 Å². The number of hydrogen-bond donors (Lipinski definition) is 4. The molecule has 1 amide bonds. The van der Waals surface area contributed by atoms with E-state index in [2.05, 4.69) is 10.3 Å². The van der Waals surface area contributed by atoms with Crippen LogP contribution in [0.5, 0.6) is 11.8 Å². The summed E-state index contributed by atoms with van der Waals surface area (Å²) in [6.07, 6.45) is 1.05. The molecule has 4 N–H and O–H groups in total. The molecule has 3 rings (SSSR count). The van der Waals surface area contributed by atoms with E-state index in [1.165, 1.54) is 12.1 Å². The number of nitrogens with one attached hydrogen (secondary N) is 2. The zero-order valence-corrected chi connectivity index (χ0v) is 16.3. The molecule has 1 atom stereocenters. The van der Waals surface area contributed by atoms with Crippen LogP contribution in [0.2, 0.25) is 0 Å². The van der Waals surface area contributed by atoms with Crippen LogP contribution in [-0.4, -0.2) is 43.6 Å². The third kappa shape index (κ3) is 4.81. The third-order valence-electron chi connectivity index (χ3n) is 4.05. The Hall–Kier alpha value is -3.62. The molecule has 1 aromatic carbocycles. The fourth-order valence-corrected chi connectivity index (χ4v) is 2.81. The minimum Gasteiger partial charge on any atom is -0.492 e. The molecule has 3 aromatic rings. The summed E-state index contributed by atoms with van der Waals surface area (Å²) in [5, 5.41) is 22.8. The highest BCUT2D eigenvalue weighted by Crippen LogP contribution is 2.21. The number of rotatable bonds is 5. The molecule has 0 aliphatic carbocycles. The average molecular weight is 401 g/mol. The van der Waals surface area contributed by atoms with Gasteiger partial charge in [0.1, 0.15) is 11.6 Å². The summed E-state index contributed by atoms with van der Waals surface area (Å²) in [7, 11) is 0. The minimum absolute atomic E-state index is 0.102. The number of para-hydroxylation sites is 1. The van der Waals surface area contributed by atoms with Gasteiger partial charge < -0.3 is 30.1 Å². The first kappa shape index (κ1) is 20.1. The topological polar surface area (TPSA) is 126 Å². The number of nitrogens with zero attached hydrogens (tertiary/aromatic N) is 1. The number of alkyl carbamates (subject to hydrolysis) is 1. The summed E-state index contributed by atoms with van der Waals surface area (Å²) in [4.78, 5) is 33.2. The van der Waals surface area contributed by atoms with E-state index < -0.39 is 35.5 Å². The largest absolute Gasteiger partial charge is 0.492 e. The van der Waals surface area contributed by atoms with Crippen LogP contribution < -0.4 is 10.2 Å². The Morgan fingerprint density at radius 3 is 2.45 bits per heavy atom. The molecule has 9 nitrogen and oxygen atoms in total. The van der Waals surface area contributed by atoms with Crippen molar-refractivity contribution in [3.63, 3.8) is 0 Å². The summed E-state index contributed by atoms with van der Waals surface area (Å²) in [6, 6.07) is 8.72. The maximum Gasteiger partial charge on any atom is 0.408 e. The summed E-state index contributed by atoms with van der Waals surface area (Å²) >= 11 is 0. The molecular weight excluding hydrogens is 378 g/mol. The molecule has 0 unspecified atom stereocenters. The van der Waals surface area contributed by atoms with E-state index in [9.17, 15) is 19.8 Å². The van der Waals surface area contributed by atoms with E-state index in [1.54, 1.807) is 27.0 Å². The number of benzene rings is 1. The fourth-order valence-electron chi connectivity index (χ4n) is 2.81. The van der Waals surface area contributed by atoms with Crippen molar-refractivity contribution in [1.29, 1.82) is 0 Å². The molecule has 0 radical (unpaired) electrons. The van der Waals surface area contributed by atoms with Crippen molar-refractivity contribution in [3.05, 3.63) is 48.2 Å². The second kappa shape index (κ2) is 7.78. The Morgan fingerprint density at radius 1 is 1.14 bits per heavy atom. The fraction of sp³-hybridized carbons (Fsp3) is 0.300. The standard InChI is InChI=1S/C20H23N3O6/c1-20(2,3)28-19(27)22-15(18(26)29-23-16(24)8-9-17(23)25)10-12-11-21-14-7-5-4-6-13(12)14/h4-9,11,15,21,24-25H,10H2,1-3H3,(H,22,27)/t15-/m0/s1. The van der Waals surface area contributed by atoms with Crippen molar-refractivity contribution in [2.24, 2.45) is 0 Å². The van der Waals surface area contributed by atoms with Gasteiger partial charge in [-0.3, -0.25) is 0 Å². The smallest absolute Gasteiger partial charge is 0.408 e. The van der Waals surface area contributed by atoms with E-state index in [1.807, 2.05) is 24.3 Å². The number of aromatic amines is 1. The number of aromatic hydroxyl groups is 2. The highest BCUT2D eigenvalue weighted by molar-refractivity contribution is 5.86. The lowest BCUT2D eigenvalue weighted by Crippen LogP contribution is -2.47. The predicted octanol–water partition coefficient (Wildman–Crippen LogP) is 2.47. The van der Waals surface area contributed by atoms with E-state index in [4.69, 9.17) is 9.57 Å². The SMILES string of the molecule is CC(C)(C)OC(=O)N[C@@H](Cc1c[nH]c2ccccc12)C(=O)On1c(O)ccc1O. The Morgan fingerprint density at radius 2 is 1.79 bits per heavy atom. The first-order chi connectivity index (χ1) is 13.6. The zero-order chi connectivity index (χ0) is 21.2. The van der Waals surface area contributed by atoms with Crippen molar-refractivity contribution in [1.82, 2.24) is 15.0 Å². The quantitative estimate of drug-likeness (QED) is 0.520. The minimum atomic E-state index is -1.13. The molecule has 0 saturated heterocycles. The molecule has 0 fully saturated rings. The Bertz CT molecular complexity index is 1010. The summed E-state index contributed by atoms with van der Waals surface area (Å²) in [6.45, 7) is 5.11. The van der Waals surface area contributed by atoms with E-state index in [-0.39, 0.29) is 6.42 Å². The van der Waals surface area contributed by atoms with Crippen LogP contribution in [-0.2, 0) is 16.0 Å². The van der Waals surface area contributed by atoms with Gasteiger partial charge in [0.15, 0.2) is 0 Å². The number of aromatic nitrogens is 2. The number of carbonyl (C=O) groups excluding carboxylic acids is 2. The number of H-pyrrole nitrogens is 1. The molecule has 0 aliphatic heterocycles. The van der Waals surface area contributed by atoms with Crippen molar-refractivity contribution >= 4 is 23.0 Å². The molecule has 0 spiro atoms. The molecule has 9 heteroatoms. The van der Waals surface area contributed by atoms with Gasteiger partial charge in [-0.15, -0.1) is 4.73 Å². The van der Waals surface area contributed by atoms with E-state index >= 15 is 0 Å². The van der Waals surface area contributed by atoms with Gasteiger partial charge in [0.25, 0.3) is 0 Å². The van der Waals surface area contributed by atoms with Crippen LogP contribution in [0.1, 0.15) is 26.3 Å². The first-order valence-electron chi connectivity index (χ1n) is 9.00. The number of carbonyl (C=O) groups is 2. The Kier molecular flexibility index (Phi) is 5.40. The average Bonchev–Trinajstić information content (AvgIpc) is 3.18. The van der Waals surface area contributed by atoms with Gasteiger partial charge in [-0.05, 0) is 32.4 Å². The van der Waals surface area contributed by atoms with Gasteiger partial charge >= 0.3 is 12.1 Å². The van der Waals surface area contributed by atoms with E-state index in [0.29, 0.717) is 4.73 Å². The second-order valence-corrected chi connectivity index (χ2v) is 7.52. The van der Waals surface area contributed by atoms with Gasteiger partial charge in [0.05, 0.1) is 0 Å². The molecule has 2 heterocycles. The van der Waals surface area contributed by atoms with Crippen molar-refractivity contribution in [2.45, 2.75) is 38.8 Å². The lowest BCUT2D eigenvalue weighted by atomic mass is 10.1. The maximum absolute atomic E-state index is 12.7. The summed E-state index contributed by atoms with van der Waals surface area (Å²) < 4.78 is 5.81. The molecular formula is C20H23N3O6. The highest BCUT2D eigenvalue weighted by Gasteiger charge is 2.28. The van der Waals surface area contributed by atoms with Crippen LogP contribution in [0, 0.1) is 0 Å². The summed E-state index contributed by atoms with van der Waals surface area (Å²) in [5.41, 5.74) is 0.906. The van der Waals surface area contributed by atoms with Crippen LogP contribution in [0.4, 0.5) is 4.79 Å². The second-order valence-electron chi connectivity index (χ2n) is 7.52. The lowest BCUT2D eigenvalue weighted by Gasteiger charge is -2.23. The highest BCUT2D eigenvalue weighted by atomic mass is 16.7.